The standard InChI is InChI=1S/C17H19N3OS/c1-3-18-4-2-12(1)15-7-19-17(22-15)21-16-13-5-11-6-14(16)10-20(8-11)9-13/h1-4,7,11,13-14,16H,5-6,8-10H2. The molecule has 5 heteroatoms. The van der Waals surface area contributed by atoms with Crippen molar-refractivity contribution in [2.45, 2.75) is 18.9 Å². The van der Waals surface area contributed by atoms with Crippen LogP contribution in [0.2, 0.25) is 0 Å². The van der Waals surface area contributed by atoms with Gasteiger partial charge in [-0.15, -0.1) is 0 Å². The fourth-order valence-electron chi connectivity index (χ4n) is 4.63. The van der Waals surface area contributed by atoms with Crippen LogP contribution in [0.15, 0.2) is 30.7 Å². The number of pyridine rings is 1. The lowest BCUT2D eigenvalue weighted by Gasteiger charge is -2.55. The number of ether oxygens (including phenoxy) is 1. The highest BCUT2D eigenvalue weighted by Crippen LogP contribution is 2.45. The van der Waals surface area contributed by atoms with Gasteiger partial charge in [0.15, 0.2) is 0 Å². The molecule has 0 N–H and O–H groups in total. The number of rotatable bonds is 3. The predicted octanol–water partition coefficient (Wildman–Crippen LogP) is 2.92. The highest BCUT2D eigenvalue weighted by atomic mass is 32.1. The van der Waals surface area contributed by atoms with Crippen LogP contribution in [0.3, 0.4) is 0 Å². The van der Waals surface area contributed by atoms with Crippen LogP contribution in [-0.2, 0) is 0 Å². The summed E-state index contributed by atoms with van der Waals surface area (Å²) in [5, 5.41) is 0.833. The summed E-state index contributed by atoms with van der Waals surface area (Å²) in [6, 6.07) is 4.04. The molecule has 2 aromatic rings. The summed E-state index contributed by atoms with van der Waals surface area (Å²) in [6.45, 7) is 3.77. The molecule has 4 bridgehead atoms. The monoisotopic (exact) mass is 313 g/mol. The fourth-order valence-corrected chi connectivity index (χ4v) is 5.45. The molecule has 4 aliphatic rings. The second-order valence-electron chi connectivity index (χ2n) is 6.88. The first-order valence-electron chi connectivity index (χ1n) is 8.10. The van der Waals surface area contributed by atoms with Crippen LogP contribution in [0.5, 0.6) is 5.19 Å². The van der Waals surface area contributed by atoms with Gasteiger partial charge in [0.25, 0.3) is 5.19 Å². The van der Waals surface area contributed by atoms with Crippen molar-refractivity contribution in [2.24, 2.45) is 17.8 Å². The molecule has 1 aliphatic carbocycles. The largest absolute Gasteiger partial charge is 0.466 e. The Bertz CT molecular complexity index is 644. The maximum absolute atomic E-state index is 6.36. The van der Waals surface area contributed by atoms with Crippen LogP contribution in [0, 0.1) is 17.8 Å². The van der Waals surface area contributed by atoms with Crippen LogP contribution < -0.4 is 4.74 Å². The first-order chi connectivity index (χ1) is 10.8. The molecule has 4 nitrogen and oxygen atoms in total. The Morgan fingerprint density at radius 1 is 1.09 bits per heavy atom. The summed E-state index contributed by atoms with van der Waals surface area (Å²) in [5.41, 5.74) is 1.17. The zero-order valence-electron chi connectivity index (χ0n) is 12.4. The number of hydrogen-bond acceptors (Lipinski definition) is 5. The van der Waals surface area contributed by atoms with Gasteiger partial charge in [-0.25, -0.2) is 4.98 Å². The molecule has 114 valence electrons. The van der Waals surface area contributed by atoms with E-state index in [1.165, 1.54) is 38.0 Å². The minimum absolute atomic E-state index is 0.379. The second kappa shape index (κ2) is 5.03. The first kappa shape index (κ1) is 13.0. The average molecular weight is 313 g/mol. The van der Waals surface area contributed by atoms with E-state index in [0.29, 0.717) is 17.9 Å². The molecule has 0 amide bonds. The van der Waals surface area contributed by atoms with E-state index in [9.17, 15) is 0 Å². The Labute approximate surface area is 134 Å². The molecule has 0 spiro atoms. The fraction of sp³-hybridized carbons (Fsp3) is 0.529. The van der Waals surface area contributed by atoms with Gasteiger partial charge >= 0.3 is 0 Å². The molecule has 2 atom stereocenters. The third-order valence-electron chi connectivity index (χ3n) is 5.39. The molecule has 5 heterocycles. The van der Waals surface area contributed by atoms with E-state index in [2.05, 4.69) is 14.9 Å². The lowest BCUT2D eigenvalue weighted by atomic mass is 9.66. The number of hydrogen-bond donors (Lipinski definition) is 0. The Morgan fingerprint density at radius 3 is 2.59 bits per heavy atom. The maximum Gasteiger partial charge on any atom is 0.273 e. The summed E-state index contributed by atoms with van der Waals surface area (Å²) in [6.07, 6.45) is 8.64. The maximum atomic E-state index is 6.36. The van der Waals surface area contributed by atoms with Crippen LogP contribution >= 0.6 is 11.3 Å². The Balaban J connectivity index is 1.35. The zero-order chi connectivity index (χ0) is 14.5. The quantitative estimate of drug-likeness (QED) is 0.873. The molecule has 3 saturated heterocycles. The second-order valence-corrected chi connectivity index (χ2v) is 7.88. The Morgan fingerprint density at radius 2 is 1.86 bits per heavy atom. The van der Waals surface area contributed by atoms with Crippen LogP contribution in [0.25, 0.3) is 10.4 Å². The Kier molecular flexibility index (Phi) is 2.98. The van der Waals surface area contributed by atoms with Gasteiger partial charge in [0.05, 0.1) is 4.88 Å². The van der Waals surface area contributed by atoms with E-state index in [1.54, 1.807) is 11.3 Å². The smallest absolute Gasteiger partial charge is 0.273 e. The molecule has 3 aliphatic heterocycles. The van der Waals surface area contributed by atoms with Crippen molar-refractivity contribution >= 4 is 11.3 Å². The van der Waals surface area contributed by atoms with Gasteiger partial charge in [-0.05, 0) is 36.5 Å². The molecule has 2 unspecified atom stereocenters. The van der Waals surface area contributed by atoms with Crippen molar-refractivity contribution in [3.8, 4) is 15.6 Å². The Hall–Kier alpha value is -1.46. The predicted molar refractivity (Wildman–Crippen MR) is 85.9 cm³/mol. The number of aromatic nitrogens is 2. The average Bonchev–Trinajstić information content (AvgIpc) is 3.00. The van der Waals surface area contributed by atoms with E-state index in [4.69, 9.17) is 4.74 Å². The van der Waals surface area contributed by atoms with Crippen molar-refractivity contribution in [2.75, 3.05) is 19.6 Å². The van der Waals surface area contributed by atoms with Crippen molar-refractivity contribution < 1.29 is 4.74 Å². The van der Waals surface area contributed by atoms with Crippen molar-refractivity contribution in [3.63, 3.8) is 0 Å². The highest BCUT2D eigenvalue weighted by molar-refractivity contribution is 7.16. The number of nitrogens with zero attached hydrogens (tertiary/aromatic N) is 3. The summed E-state index contributed by atoms with van der Waals surface area (Å²) < 4.78 is 6.36. The minimum Gasteiger partial charge on any atom is -0.466 e. The SMILES string of the molecule is c1cc(-c2cnc(OC3C4CC5CC3CN(C5)C4)s2)ccn1. The third-order valence-corrected chi connectivity index (χ3v) is 6.33. The molecule has 4 fully saturated rings. The summed E-state index contributed by atoms with van der Waals surface area (Å²) in [4.78, 5) is 12.4. The first-order valence-corrected chi connectivity index (χ1v) is 8.92. The number of piperidine rings is 3. The molecule has 0 radical (unpaired) electrons. The lowest BCUT2D eigenvalue weighted by Crippen LogP contribution is -2.61. The zero-order valence-corrected chi connectivity index (χ0v) is 13.2. The lowest BCUT2D eigenvalue weighted by molar-refractivity contribution is -0.0985. The highest BCUT2D eigenvalue weighted by Gasteiger charge is 2.48. The van der Waals surface area contributed by atoms with E-state index in [-0.39, 0.29) is 0 Å². The molecule has 6 rings (SSSR count). The topological polar surface area (TPSA) is 38.2 Å². The van der Waals surface area contributed by atoms with Crippen molar-refractivity contribution in [3.05, 3.63) is 30.7 Å². The van der Waals surface area contributed by atoms with Gasteiger partial charge in [-0.3, -0.25) is 4.98 Å². The van der Waals surface area contributed by atoms with Crippen LogP contribution in [0.4, 0.5) is 0 Å². The molecular formula is C17H19N3OS. The van der Waals surface area contributed by atoms with Gasteiger partial charge in [-0.1, -0.05) is 11.3 Å². The normalized spacial score (nSPS) is 35.7. The van der Waals surface area contributed by atoms with Gasteiger partial charge in [0, 0.05) is 50.1 Å². The molecule has 2 aromatic heterocycles. The molecule has 22 heavy (non-hydrogen) atoms. The molecule has 1 saturated carbocycles. The van der Waals surface area contributed by atoms with E-state index >= 15 is 0 Å². The van der Waals surface area contributed by atoms with Gasteiger partial charge in [0.1, 0.15) is 6.10 Å². The van der Waals surface area contributed by atoms with Crippen molar-refractivity contribution in [1.82, 2.24) is 14.9 Å². The van der Waals surface area contributed by atoms with E-state index < -0.39 is 0 Å². The summed E-state index contributed by atoms with van der Waals surface area (Å²) in [5.74, 6) is 2.33. The minimum atomic E-state index is 0.379. The van der Waals surface area contributed by atoms with Gasteiger partial charge in [0.2, 0.25) is 0 Å². The third kappa shape index (κ3) is 2.15. The summed E-state index contributed by atoms with van der Waals surface area (Å²) in [7, 11) is 0. The van der Waals surface area contributed by atoms with Crippen LogP contribution in [-0.4, -0.2) is 40.6 Å². The van der Waals surface area contributed by atoms with Crippen LogP contribution in [0.1, 0.15) is 12.8 Å². The molecular weight excluding hydrogens is 294 g/mol. The summed E-state index contributed by atoms with van der Waals surface area (Å²) >= 11 is 1.66. The number of thiazole rings is 1. The van der Waals surface area contributed by atoms with E-state index in [0.717, 1.165) is 16.0 Å². The molecule has 0 aromatic carbocycles. The van der Waals surface area contributed by atoms with E-state index in [1.807, 2.05) is 30.7 Å². The van der Waals surface area contributed by atoms with Gasteiger partial charge < -0.3 is 9.64 Å². The van der Waals surface area contributed by atoms with Gasteiger partial charge in [-0.2, -0.15) is 0 Å². The van der Waals surface area contributed by atoms with Crippen molar-refractivity contribution in [1.29, 1.82) is 0 Å².